The SMILES string of the molecule is COc1ccc(CN2C(=S)N[C@@H](c3ccccn3)[C@@H]2c2cc(C)n(-c3cccc(C(F)(F)F)c3)c2C)cc1. The predicted molar refractivity (Wildman–Crippen MR) is 144 cm³/mol. The minimum absolute atomic E-state index is 0.231. The fraction of sp³-hybridized carbons (Fsp3) is 0.241. The Morgan fingerprint density at radius 2 is 1.76 bits per heavy atom. The number of benzene rings is 2. The molecule has 5 nitrogen and oxygen atoms in total. The van der Waals surface area contributed by atoms with Crippen molar-refractivity contribution in [3.63, 3.8) is 0 Å². The summed E-state index contributed by atoms with van der Waals surface area (Å²) < 4.78 is 47.6. The van der Waals surface area contributed by atoms with Gasteiger partial charge in [0.05, 0.1) is 30.5 Å². The third kappa shape index (κ3) is 4.86. The number of ether oxygens (including phenoxy) is 1. The maximum absolute atomic E-state index is 13.5. The number of methoxy groups -OCH3 is 1. The number of rotatable bonds is 6. The molecule has 0 radical (unpaired) electrons. The zero-order chi connectivity index (χ0) is 27.0. The first-order valence-electron chi connectivity index (χ1n) is 12.1. The first-order chi connectivity index (χ1) is 18.2. The van der Waals surface area contributed by atoms with E-state index < -0.39 is 11.7 Å². The number of nitrogens with zero attached hydrogens (tertiary/aromatic N) is 3. The number of pyridine rings is 1. The lowest BCUT2D eigenvalue weighted by Crippen LogP contribution is -2.29. The first-order valence-corrected chi connectivity index (χ1v) is 12.6. The summed E-state index contributed by atoms with van der Waals surface area (Å²) in [7, 11) is 1.63. The molecular weight excluding hydrogens is 509 g/mol. The van der Waals surface area contributed by atoms with Gasteiger partial charge in [0, 0.05) is 29.8 Å². The Morgan fingerprint density at radius 3 is 2.42 bits per heavy atom. The van der Waals surface area contributed by atoms with E-state index in [0.717, 1.165) is 40.0 Å². The molecule has 2 aromatic carbocycles. The van der Waals surface area contributed by atoms with Gasteiger partial charge in [-0.25, -0.2) is 0 Å². The van der Waals surface area contributed by atoms with Crippen LogP contribution < -0.4 is 10.1 Å². The standard InChI is InChI=1S/C29H27F3N4OS/c1-18-15-24(19(2)36(18)22-8-6-7-21(16-22)29(30,31)32)27-26(25-9-4-5-14-33-25)34-28(38)35(27)17-20-10-12-23(37-3)13-11-20/h4-16,26-27H,17H2,1-3H3,(H,34,38)/t26-,27-/m0/s1. The van der Waals surface area contributed by atoms with Crippen molar-refractivity contribution >= 4 is 17.3 Å². The minimum atomic E-state index is -4.42. The van der Waals surface area contributed by atoms with Crippen LogP contribution in [0, 0.1) is 13.8 Å². The zero-order valence-corrected chi connectivity index (χ0v) is 22.0. The van der Waals surface area contributed by atoms with Gasteiger partial charge in [0.25, 0.3) is 0 Å². The number of aryl methyl sites for hydroxylation is 1. The Balaban J connectivity index is 1.60. The highest BCUT2D eigenvalue weighted by Crippen LogP contribution is 2.42. The third-order valence-electron chi connectivity index (χ3n) is 6.93. The lowest BCUT2D eigenvalue weighted by atomic mass is 9.96. The van der Waals surface area contributed by atoms with Crippen molar-refractivity contribution in [1.82, 2.24) is 19.8 Å². The van der Waals surface area contributed by atoms with Crippen LogP contribution in [-0.4, -0.2) is 26.7 Å². The van der Waals surface area contributed by atoms with Gasteiger partial charge in [-0.15, -0.1) is 0 Å². The van der Waals surface area contributed by atoms with Gasteiger partial charge < -0.3 is 19.5 Å². The molecule has 0 saturated carbocycles. The van der Waals surface area contributed by atoms with Crippen LogP contribution in [0.25, 0.3) is 5.69 Å². The lowest BCUT2D eigenvalue weighted by Gasteiger charge is -2.28. The largest absolute Gasteiger partial charge is 0.497 e. The molecule has 1 N–H and O–H groups in total. The van der Waals surface area contributed by atoms with Crippen molar-refractivity contribution in [3.8, 4) is 11.4 Å². The van der Waals surface area contributed by atoms with Crippen LogP contribution in [0.1, 0.15) is 45.9 Å². The summed E-state index contributed by atoms with van der Waals surface area (Å²) in [6.07, 6.45) is -2.68. The second-order valence-corrected chi connectivity index (χ2v) is 9.70. The van der Waals surface area contributed by atoms with Gasteiger partial charge in [0.1, 0.15) is 5.75 Å². The van der Waals surface area contributed by atoms with Crippen molar-refractivity contribution in [2.24, 2.45) is 0 Å². The lowest BCUT2D eigenvalue weighted by molar-refractivity contribution is -0.137. The number of alkyl halides is 3. The van der Waals surface area contributed by atoms with Gasteiger partial charge in [0.15, 0.2) is 5.11 Å². The molecular formula is C29H27F3N4OS. The van der Waals surface area contributed by atoms with E-state index in [4.69, 9.17) is 17.0 Å². The summed E-state index contributed by atoms with van der Waals surface area (Å²) >= 11 is 5.81. The summed E-state index contributed by atoms with van der Waals surface area (Å²) in [5.74, 6) is 0.767. The average Bonchev–Trinajstić information content (AvgIpc) is 3.39. The molecule has 2 aromatic heterocycles. The quantitative estimate of drug-likeness (QED) is 0.278. The molecule has 0 amide bonds. The number of hydrogen-bond acceptors (Lipinski definition) is 3. The summed E-state index contributed by atoms with van der Waals surface area (Å²) in [6.45, 7) is 4.38. The number of hydrogen-bond donors (Lipinski definition) is 1. The Labute approximate surface area is 224 Å². The minimum Gasteiger partial charge on any atom is -0.497 e. The second-order valence-electron chi connectivity index (χ2n) is 9.31. The molecule has 38 heavy (non-hydrogen) atoms. The molecule has 0 spiro atoms. The monoisotopic (exact) mass is 536 g/mol. The summed E-state index contributed by atoms with van der Waals surface area (Å²) in [5, 5.41) is 4.04. The molecule has 3 heterocycles. The maximum Gasteiger partial charge on any atom is 0.416 e. The highest BCUT2D eigenvalue weighted by molar-refractivity contribution is 7.80. The molecule has 0 bridgehead atoms. The maximum atomic E-state index is 13.5. The molecule has 0 unspecified atom stereocenters. The van der Waals surface area contributed by atoms with Crippen molar-refractivity contribution in [2.75, 3.05) is 7.11 Å². The number of thiocarbonyl (C=S) groups is 1. The van der Waals surface area contributed by atoms with Crippen LogP contribution in [0.3, 0.4) is 0 Å². The Bertz CT molecular complexity index is 1450. The molecule has 1 aliphatic rings. The van der Waals surface area contributed by atoms with E-state index >= 15 is 0 Å². The van der Waals surface area contributed by atoms with E-state index in [1.165, 1.54) is 12.1 Å². The number of aromatic nitrogens is 2. The molecule has 2 atom stereocenters. The normalized spacial score (nSPS) is 17.5. The van der Waals surface area contributed by atoms with Crippen molar-refractivity contribution < 1.29 is 17.9 Å². The molecule has 196 valence electrons. The van der Waals surface area contributed by atoms with Crippen LogP contribution in [0.4, 0.5) is 13.2 Å². The highest BCUT2D eigenvalue weighted by atomic mass is 32.1. The van der Waals surface area contributed by atoms with E-state index in [0.29, 0.717) is 17.3 Å². The van der Waals surface area contributed by atoms with E-state index in [9.17, 15) is 13.2 Å². The Hall–Kier alpha value is -3.85. The summed E-state index contributed by atoms with van der Waals surface area (Å²) in [6, 6.07) is 20.5. The van der Waals surface area contributed by atoms with Crippen LogP contribution in [-0.2, 0) is 12.7 Å². The summed E-state index contributed by atoms with van der Waals surface area (Å²) in [4.78, 5) is 6.71. The second kappa shape index (κ2) is 10.1. The molecule has 5 rings (SSSR count). The van der Waals surface area contributed by atoms with Crippen LogP contribution >= 0.6 is 12.2 Å². The zero-order valence-electron chi connectivity index (χ0n) is 21.2. The molecule has 4 aromatic rings. The first kappa shape index (κ1) is 25.8. The van der Waals surface area contributed by atoms with E-state index in [1.807, 2.05) is 66.9 Å². The van der Waals surface area contributed by atoms with Crippen LogP contribution in [0.5, 0.6) is 5.75 Å². The molecule has 1 fully saturated rings. The smallest absolute Gasteiger partial charge is 0.416 e. The summed E-state index contributed by atoms with van der Waals surface area (Å²) in [5.41, 5.74) is 4.31. The van der Waals surface area contributed by atoms with Gasteiger partial charge >= 0.3 is 6.18 Å². The van der Waals surface area contributed by atoms with Crippen molar-refractivity contribution in [1.29, 1.82) is 0 Å². The van der Waals surface area contributed by atoms with Gasteiger partial charge in [-0.1, -0.05) is 24.3 Å². The molecule has 1 saturated heterocycles. The van der Waals surface area contributed by atoms with Crippen molar-refractivity contribution in [3.05, 3.63) is 113 Å². The van der Waals surface area contributed by atoms with Crippen LogP contribution in [0.2, 0.25) is 0 Å². The molecule has 9 heteroatoms. The van der Waals surface area contributed by atoms with E-state index in [2.05, 4.69) is 15.2 Å². The molecule has 0 aliphatic carbocycles. The third-order valence-corrected chi connectivity index (χ3v) is 7.28. The topological polar surface area (TPSA) is 42.3 Å². The fourth-order valence-electron chi connectivity index (χ4n) is 5.15. The highest BCUT2D eigenvalue weighted by Gasteiger charge is 2.41. The molecule has 1 aliphatic heterocycles. The van der Waals surface area contributed by atoms with Crippen LogP contribution in [0.15, 0.2) is 79.0 Å². The Kier molecular flexibility index (Phi) is 6.88. The van der Waals surface area contributed by atoms with Crippen molar-refractivity contribution in [2.45, 2.75) is 38.7 Å². The van der Waals surface area contributed by atoms with Gasteiger partial charge in [-0.2, -0.15) is 13.2 Å². The van der Waals surface area contributed by atoms with E-state index in [1.54, 1.807) is 19.4 Å². The Morgan fingerprint density at radius 1 is 1.00 bits per heavy atom. The van der Waals surface area contributed by atoms with E-state index in [-0.39, 0.29) is 12.1 Å². The average molecular weight is 537 g/mol. The predicted octanol–water partition coefficient (Wildman–Crippen LogP) is 6.69. The number of nitrogens with one attached hydrogen (secondary N) is 1. The van der Waals surface area contributed by atoms with Gasteiger partial charge in [-0.3, -0.25) is 4.98 Å². The van der Waals surface area contributed by atoms with Gasteiger partial charge in [0.2, 0.25) is 0 Å². The fourth-order valence-corrected chi connectivity index (χ4v) is 5.45. The number of halogens is 3. The van der Waals surface area contributed by atoms with Gasteiger partial charge in [-0.05, 0) is 85.7 Å².